The van der Waals surface area contributed by atoms with Gasteiger partial charge in [-0.05, 0) is 47.9 Å². The number of halogens is 2. The molecule has 0 atom stereocenters. The number of piperidine rings is 1. The lowest BCUT2D eigenvalue weighted by atomic mass is 10.1. The number of thiazole rings is 2. The van der Waals surface area contributed by atoms with E-state index in [4.69, 9.17) is 4.98 Å². The minimum Gasteiger partial charge on any atom is -0.506 e. The van der Waals surface area contributed by atoms with Crippen molar-refractivity contribution in [3.63, 3.8) is 0 Å². The Balaban J connectivity index is 0.00000182. The molecule has 2 N–H and O–H groups in total. The molecule has 1 saturated heterocycles. The Kier molecular flexibility index (Phi) is 5.79. The van der Waals surface area contributed by atoms with Crippen LogP contribution in [0.4, 0.5) is 5.13 Å². The smallest absolute Gasteiger partial charge is 0.188 e. The van der Waals surface area contributed by atoms with Crippen LogP contribution in [-0.2, 0) is 0 Å². The number of hydrogen-bond donors (Lipinski definition) is 2. The van der Waals surface area contributed by atoms with Gasteiger partial charge in [-0.2, -0.15) is 0 Å². The van der Waals surface area contributed by atoms with Gasteiger partial charge in [0.05, 0.1) is 0 Å². The fourth-order valence-corrected chi connectivity index (χ4v) is 5.22. The normalized spacial score (nSPS) is 15.3. The number of nitrogens with zero attached hydrogens (tertiary/aromatic N) is 4. The van der Waals surface area contributed by atoms with Crippen molar-refractivity contribution < 1.29 is 5.11 Å². The summed E-state index contributed by atoms with van der Waals surface area (Å²) in [6, 6.07) is 2.16. The second-order valence-corrected chi connectivity index (χ2v) is 8.59. The molecular formula is C15H17BrClN5OS2. The Bertz CT molecular complexity index is 849. The molecule has 0 aliphatic carbocycles. The summed E-state index contributed by atoms with van der Waals surface area (Å²) in [5.74, 6) is 0.123. The Morgan fingerprint density at radius 1 is 1.24 bits per heavy atom. The molecule has 3 aromatic heterocycles. The molecule has 134 valence electrons. The molecular weight excluding hydrogens is 446 g/mol. The average Bonchev–Trinajstić information content (AvgIpc) is 3.14. The zero-order chi connectivity index (χ0) is 16.7. The van der Waals surface area contributed by atoms with Gasteiger partial charge in [0.15, 0.2) is 14.8 Å². The highest BCUT2D eigenvalue weighted by atomic mass is 79.9. The Morgan fingerprint density at radius 2 is 1.96 bits per heavy atom. The van der Waals surface area contributed by atoms with Crippen molar-refractivity contribution in [3.8, 4) is 16.5 Å². The predicted molar refractivity (Wildman–Crippen MR) is 109 cm³/mol. The van der Waals surface area contributed by atoms with E-state index in [0.29, 0.717) is 16.7 Å². The maximum atomic E-state index is 10.1. The van der Waals surface area contributed by atoms with Crippen LogP contribution >= 0.6 is 51.0 Å². The van der Waals surface area contributed by atoms with Gasteiger partial charge in [0.25, 0.3) is 0 Å². The Labute approximate surface area is 167 Å². The minimum atomic E-state index is 0. The number of aromatic nitrogens is 3. The van der Waals surface area contributed by atoms with Gasteiger partial charge in [0.2, 0.25) is 0 Å². The second-order valence-electron chi connectivity index (χ2n) is 5.74. The van der Waals surface area contributed by atoms with E-state index in [9.17, 15) is 5.11 Å². The van der Waals surface area contributed by atoms with E-state index in [-0.39, 0.29) is 18.2 Å². The molecule has 0 radical (unpaired) electrons. The molecule has 3 aromatic rings. The van der Waals surface area contributed by atoms with E-state index < -0.39 is 0 Å². The van der Waals surface area contributed by atoms with Gasteiger partial charge in [0.1, 0.15) is 16.5 Å². The number of rotatable bonds is 3. The van der Waals surface area contributed by atoms with E-state index in [2.05, 4.69) is 43.2 Å². The quantitative estimate of drug-likeness (QED) is 0.615. The van der Waals surface area contributed by atoms with Crippen LogP contribution < -0.4 is 10.2 Å². The molecule has 1 fully saturated rings. The molecule has 1 aliphatic heterocycles. The van der Waals surface area contributed by atoms with E-state index >= 15 is 0 Å². The van der Waals surface area contributed by atoms with Crippen LogP contribution in [0.5, 0.6) is 5.75 Å². The summed E-state index contributed by atoms with van der Waals surface area (Å²) >= 11 is 6.36. The van der Waals surface area contributed by atoms with Crippen molar-refractivity contribution in [1.82, 2.24) is 20.3 Å². The van der Waals surface area contributed by atoms with Gasteiger partial charge in [-0.25, -0.2) is 15.0 Å². The fraction of sp³-hybridized carbons (Fsp3) is 0.400. The highest BCUT2D eigenvalue weighted by Gasteiger charge is 2.22. The third kappa shape index (κ3) is 3.75. The molecule has 1 aliphatic rings. The molecule has 25 heavy (non-hydrogen) atoms. The van der Waals surface area contributed by atoms with Gasteiger partial charge >= 0.3 is 0 Å². The van der Waals surface area contributed by atoms with Crippen LogP contribution in [0.1, 0.15) is 12.8 Å². The molecule has 4 heterocycles. The van der Waals surface area contributed by atoms with Gasteiger partial charge in [-0.3, -0.25) is 0 Å². The van der Waals surface area contributed by atoms with Crippen LogP contribution in [0.2, 0.25) is 0 Å². The maximum absolute atomic E-state index is 10.1. The highest BCUT2D eigenvalue weighted by Crippen LogP contribution is 2.38. The van der Waals surface area contributed by atoms with E-state index in [0.717, 1.165) is 45.2 Å². The van der Waals surface area contributed by atoms with Crippen LogP contribution in [0.25, 0.3) is 20.4 Å². The molecule has 6 nitrogen and oxygen atoms in total. The highest BCUT2D eigenvalue weighted by molar-refractivity contribution is 9.10. The summed E-state index contributed by atoms with van der Waals surface area (Å²) < 4.78 is 0.742. The zero-order valence-corrected chi connectivity index (χ0v) is 17.4. The van der Waals surface area contributed by atoms with Crippen molar-refractivity contribution >= 4 is 65.8 Å². The summed E-state index contributed by atoms with van der Waals surface area (Å²) in [4.78, 5) is 17.7. The van der Waals surface area contributed by atoms with Crippen LogP contribution in [0, 0.1) is 0 Å². The lowest BCUT2D eigenvalue weighted by Crippen LogP contribution is -2.41. The topological polar surface area (TPSA) is 74.2 Å². The summed E-state index contributed by atoms with van der Waals surface area (Å²) in [6.07, 6.45) is 3.94. The number of aromatic hydroxyl groups is 1. The summed E-state index contributed by atoms with van der Waals surface area (Å²) in [5.41, 5.74) is 0.502. The monoisotopic (exact) mass is 461 g/mol. The number of nitrogens with one attached hydrogen (secondary N) is 1. The zero-order valence-electron chi connectivity index (χ0n) is 13.4. The molecule has 4 rings (SSSR count). The number of anilines is 1. The predicted octanol–water partition coefficient (Wildman–Crippen LogP) is 3.89. The molecule has 0 amide bonds. The van der Waals surface area contributed by atoms with Crippen molar-refractivity contribution in [2.24, 2.45) is 0 Å². The standard InChI is InChI=1S/C15H16BrN5OS2.ClH/c1-21(9-2-4-17-5-3-9)15-20-14-13(24-15)19-12(23-14)11-10(22)6-8(16)7-18-11;/h6-7,9,17,22H,2-5H2,1H3;1H. The summed E-state index contributed by atoms with van der Waals surface area (Å²) in [6.45, 7) is 2.12. The first-order valence-electron chi connectivity index (χ1n) is 7.67. The molecule has 10 heteroatoms. The first-order chi connectivity index (χ1) is 11.6. The van der Waals surface area contributed by atoms with Crippen molar-refractivity contribution in [3.05, 3.63) is 16.7 Å². The molecule has 0 aromatic carbocycles. The summed E-state index contributed by atoms with van der Waals surface area (Å²) in [7, 11) is 2.11. The number of pyridine rings is 1. The van der Waals surface area contributed by atoms with Crippen LogP contribution in [-0.4, -0.2) is 46.2 Å². The van der Waals surface area contributed by atoms with Crippen molar-refractivity contribution in [2.75, 3.05) is 25.0 Å². The third-order valence-corrected chi connectivity index (χ3v) is 6.72. The molecule has 0 saturated carbocycles. The number of hydrogen-bond acceptors (Lipinski definition) is 8. The fourth-order valence-electron chi connectivity index (χ4n) is 2.83. The van der Waals surface area contributed by atoms with Crippen LogP contribution in [0.3, 0.4) is 0 Å². The molecule has 0 unspecified atom stereocenters. The Morgan fingerprint density at radius 3 is 2.64 bits per heavy atom. The van der Waals surface area contributed by atoms with E-state index in [1.165, 1.54) is 11.3 Å². The first kappa shape index (κ1) is 18.8. The Hall–Kier alpha value is -1.00. The van der Waals surface area contributed by atoms with Crippen molar-refractivity contribution in [2.45, 2.75) is 18.9 Å². The minimum absolute atomic E-state index is 0. The van der Waals surface area contributed by atoms with Gasteiger partial charge in [-0.1, -0.05) is 22.7 Å². The first-order valence-corrected chi connectivity index (χ1v) is 10.1. The van der Waals surface area contributed by atoms with Gasteiger partial charge in [-0.15, -0.1) is 12.4 Å². The average molecular weight is 463 g/mol. The van der Waals surface area contributed by atoms with Gasteiger partial charge in [0, 0.05) is 23.8 Å². The summed E-state index contributed by atoms with van der Waals surface area (Å²) in [5, 5.41) is 15.2. The van der Waals surface area contributed by atoms with Crippen molar-refractivity contribution in [1.29, 1.82) is 0 Å². The third-order valence-electron chi connectivity index (χ3n) is 4.16. The molecule has 0 spiro atoms. The lowest BCUT2D eigenvalue weighted by molar-refractivity contribution is 0.443. The van der Waals surface area contributed by atoms with E-state index in [1.807, 2.05) is 0 Å². The van der Waals surface area contributed by atoms with Crippen LogP contribution in [0.15, 0.2) is 16.7 Å². The SMILES string of the molecule is CN(c1nc2sc(-c3ncc(Br)cc3O)nc2s1)C1CCNCC1.Cl. The molecule has 0 bridgehead atoms. The second kappa shape index (κ2) is 7.71. The largest absolute Gasteiger partial charge is 0.506 e. The lowest BCUT2D eigenvalue weighted by Gasteiger charge is -2.31. The maximum Gasteiger partial charge on any atom is 0.188 e. The van der Waals surface area contributed by atoms with Gasteiger partial charge < -0.3 is 15.3 Å². The van der Waals surface area contributed by atoms with E-state index in [1.54, 1.807) is 23.6 Å². The number of fused-ring (bicyclic) bond motifs is 1.